The van der Waals surface area contributed by atoms with Crippen molar-refractivity contribution in [2.24, 2.45) is 0 Å². The Labute approximate surface area is 142 Å². The van der Waals surface area contributed by atoms with Crippen LogP contribution in [0.25, 0.3) is 5.69 Å². The average Bonchev–Trinajstić information content (AvgIpc) is 3.01. The fraction of sp³-hybridized carbons (Fsp3) is 0.200. The molecule has 3 aromatic rings. The Morgan fingerprint density at radius 1 is 1.00 bits per heavy atom. The molecule has 0 radical (unpaired) electrons. The van der Waals surface area contributed by atoms with Crippen molar-refractivity contribution in [3.63, 3.8) is 0 Å². The predicted molar refractivity (Wildman–Crippen MR) is 96.8 cm³/mol. The number of anilines is 1. The average molecular weight is 319 g/mol. The van der Waals surface area contributed by atoms with Gasteiger partial charge in [-0.2, -0.15) is 5.10 Å². The Balaban J connectivity index is 1.89. The zero-order chi connectivity index (χ0) is 17.1. The van der Waals surface area contributed by atoms with Crippen LogP contribution in [0, 0.1) is 13.8 Å². The molecule has 0 saturated carbocycles. The van der Waals surface area contributed by atoms with E-state index in [-0.39, 0.29) is 5.91 Å². The molecule has 1 amide bonds. The Bertz CT molecular complexity index is 846. The number of rotatable bonds is 4. The van der Waals surface area contributed by atoms with E-state index in [9.17, 15) is 4.79 Å². The maximum Gasteiger partial charge on any atom is 0.259 e. The molecule has 4 nitrogen and oxygen atoms in total. The highest BCUT2D eigenvalue weighted by atomic mass is 16.1. The van der Waals surface area contributed by atoms with Crippen molar-refractivity contribution in [2.75, 3.05) is 5.32 Å². The quantitative estimate of drug-likeness (QED) is 0.779. The van der Waals surface area contributed by atoms with Crippen LogP contribution in [0.1, 0.15) is 34.1 Å². The highest BCUT2D eigenvalue weighted by Crippen LogP contribution is 2.18. The van der Waals surface area contributed by atoms with Gasteiger partial charge in [-0.1, -0.05) is 42.3 Å². The summed E-state index contributed by atoms with van der Waals surface area (Å²) in [6, 6.07) is 15.9. The topological polar surface area (TPSA) is 46.9 Å². The Morgan fingerprint density at radius 3 is 2.17 bits per heavy atom. The van der Waals surface area contributed by atoms with E-state index in [0.717, 1.165) is 29.1 Å². The molecule has 3 rings (SSSR count). The number of aryl methyl sites for hydroxylation is 2. The van der Waals surface area contributed by atoms with Gasteiger partial charge in [-0.3, -0.25) is 4.79 Å². The van der Waals surface area contributed by atoms with E-state index in [2.05, 4.69) is 10.4 Å². The van der Waals surface area contributed by atoms with Gasteiger partial charge in [0.2, 0.25) is 0 Å². The fourth-order valence-electron chi connectivity index (χ4n) is 2.65. The molecule has 0 bridgehead atoms. The number of aromatic nitrogens is 2. The number of amides is 1. The summed E-state index contributed by atoms with van der Waals surface area (Å²) in [5, 5.41) is 7.36. The number of benzene rings is 2. The molecule has 0 saturated heterocycles. The lowest BCUT2D eigenvalue weighted by molar-refractivity contribution is 0.102. The molecule has 0 aliphatic rings. The van der Waals surface area contributed by atoms with Gasteiger partial charge in [-0.15, -0.1) is 0 Å². The first-order valence-corrected chi connectivity index (χ1v) is 8.10. The maximum absolute atomic E-state index is 12.6. The normalized spacial score (nSPS) is 10.6. The van der Waals surface area contributed by atoms with Crippen molar-refractivity contribution in [1.29, 1.82) is 0 Å². The molecule has 1 aromatic heterocycles. The molecule has 122 valence electrons. The van der Waals surface area contributed by atoms with Crippen LogP contribution in [0.3, 0.4) is 0 Å². The van der Waals surface area contributed by atoms with Gasteiger partial charge in [0.25, 0.3) is 5.91 Å². The summed E-state index contributed by atoms with van der Waals surface area (Å²) in [5.74, 6) is -0.130. The van der Waals surface area contributed by atoms with Gasteiger partial charge in [0, 0.05) is 5.69 Å². The van der Waals surface area contributed by atoms with E-state index in [1.807, 2.05) is 74.0 Å². The molecule has 0 unspecified atom stereocenters. The second kappa shape index (κ2) is 6.71. The molecular weight excluding hydrogens is 298 g/mol. The van der Waals surface area contributed by atoms with Crippen molar-refractivity contribution in [1.82, 2.24) is 9.78 Å². The Hall–Kier alpha value is -2.88. The third kappa shape index (κ3) is 3.23. The number of carbonyl (C=O) groups is 1. The molecule has 0 aliphatic carbocycles. The van der Waals surface area contributed by atoms with Gasteiger partial charge in [0.15, 0.2) is 0 Å². The lowest BCUT2D eigenvalue weighted by Crippen LogP contribution is -2.14. The summed E-state index contributed by atoms with van der Waals surface area (Å²) in [6.07, 6.45) is 2.37. The number of hydrogen-bond acceptors (Lipinski definition) is 2. The molecule has 24 heavy (non-hydrogen) atoms. The zero-order valence-electron chi connectivity index (χ0n) is 14.2. The molecule has 4 heteroatoms. The van der Waals surface area contributed by atoms with E-state index >= 15 is 0 Å². The lowest BCUT2D eigenvalue weighted by Gasteiger charge is -2.09. The number of nitrogens with zero attached hydrogens (tertiary/aromatic N) is 2. The van der Waals surface area contributed by atoms with E-state index in [1.165, 1.54) is 5.56 Å². The highest BCUT2D eigenvalue weighted by molar-refractivity contribution is 6.05. The molecule has 0 spiro atoms. The van der Waals surface area contributed by atoms with Crippen LogP contribution in [0.15, 0.2) is 54.7 Å². The monoisotopic (exact) mass is 319 g/mol. The van der Waals surface area contributed by atoms with Gasteiger partial charge in [0.05, 0.1) is 23.1 Å². The lowest BCUT2D eigenvalue weighted by atomic mass is 10.1. The summed E-state index contributed by atoms with van der Waals surface area (Å²) < 4.78 is 1.84. The summed E-state index contributed by atoms with van der Waals surface area (Å²) >= 11 is 0. The molecule has 2 aromatic carbocycles. The van der Waals surface area contributed by atoms with Crippen molar-refractivity contribution in [3.8, 4) is 5.69 Å². The minimum Gasteiger partial charge on any atom is -0.322 e. The van der Waals surface area contributed by atoms with E-state index in [4.69, 9.17) is 0 Å². The van der Waals surface area contributed by atoms with Crippen LogP contribution in [0.2, 0.25) is 0 Å². The number of carbonyl (C=O) groups excluding carboxylic acids is 1. The molecule has 1 N–H and O–H groups in total. The third-order valence-corrected chi connectivity index (χ3v) is 4.04. The van der Waals surface area contributed by atoms with Crippen molar-refractivity contribution in [3.05, 3.63) is 77.1 Å². The largest absolute Gasteiger partial charge is 0.322 e. The molecule has 0 aliphatic heterocycles. The molecule has 0 atom stereocenters. The SMILES string of the molecule is CCc1c(C(=O)Nc2ccc(C)cc2)cnn1-c1ccc(C)cc1. The van der Waals surface area contributed by atoms with Crippen molar-refractivity contribution in [2.45, 2.75) is 27.2 Å². The van der Waals surface area contributed by atoms with E-state index in [1.54, 1.807) is 6.20 Å². The minimum absolute atomic E-state index is 0.130. The van der Waals surface area contributed by atoms with Gasteiger partial charge < -0.3 is 5.32 Å². The predicted octanol–water partition coefficient (Wildman–Crippen LogP) is 4.30. The van der Waals surface area contributed by atoms with Crippen LogP contribution < -0.4 is 5.32 Å². The van der Waals surface area contributed by atoms with Gasteiger partial charge in [-0.25, -0.2) is 4.68 Å². The van der Waals surface area contributed by atoms with Crippen molar-refractivity contribution < 1.29 is 4.79 Å². The van der Waals surface area contributed by atoms with Crippen LogP contribution in [0.4, 0.5) is 5.69 Å². The smallest absolute Gasteiger partial charge is 0.259 e. The second-order valence-corrected chi connectivity index (χ2v) is 5.93. The van der Waals surface area contributed by atoms with Crippen LogP contribution >= 0.6 is 0 Å². The zero-order valence-corrected chi connectivity index (χ0v) is 14.2. The minimum atomic E-state index is -0.130. The van der Waals surface area contributed by atoms with Crippen LogP contribution in [0.5, 0.6) is 0 Å². The highest BCUT2D eigenvalue weighted by Gasteiger charge is 2.17. The third-order valence-electron chi connectivity index (χ3n) is 4.04. The van der Waals surface area contributed by atoms with E-state index < -0.39 is 0 Å². The standard InChI is InChI=1S/C20H21N3O/c1-4-19-18(20(24)22-16-9-5-14(2)6-10-16)13-21-23(19)17-11-7-15(3)8-12-17/h5-13H,4H2,1-3H3,(H,22,24). The van der Waals surface area contributed by atoms with E-state index in [0.29, 0.717) is 5.56 Å². The van der Waals surface area contributed by atoms with Gasteiger partial charge in [-0.05, 0) is 44.5 Å². The first-order chi connectivity index (χ1) is 11.6. The van der Waals surface area contributed by atoms with Crippen molar-refractivity contribution >= 4 is 11.6 Å². The Morgan fingerprint density at radius 2 is 1.58 bits per heavy atom. The van der Waals surface area contributed by atoms with Crippen LogP contribution in [-0.4, -0.2) is 15.7 Å². The summed E-state index contributed by atoms with van der Waals surface area (Å²) in [4.78, 5) is 12.6. The van der Waals surface area contributed by atoms with Gasteiger partial charge in [0.1, 0.15) is 0 Å². The molecule has 1 heterocycles. The summed E-state index contributed by atoms with van der Waals surface area (Å²) in [7, 11) is 0. The first kappa shape index (κ1) is 16.0. The Kier molecular flexibility index (Phi) is 4.47. The number of hydrogen-bond donors (Lipinski definition) is 1. The fourth-order valence-corrected chi connectivity index (χ4v) is 2.65. The van der Waals surface area contributed by atoms with Crippen LogP contribution in [-0.2, 0) is 6.42 Å². The first-order valence-electron chi connectivity index (χ1n) is 8.10. The summed E-state index contributed by atoms with van der Waals surface area (Å²) in [5.41, 5.74) is 5.63. The summed E-state index contributed by atoms with van der Waals surface area (Å²) in [6.45, 7) is 6.10. The molecular formula is C20H21N3O. The molecule has 0 fully saturated rings. The number of nitrogens with one attached hydrogen (secondary N) is 1. The second-order valence-electron chi connectivity index (χ2n) is 5.93. The maximum atomic E-state index is 12.6. The van der Waals surface area contributed by atoms with Gasteiger partial charge >= 0.3 is 0 Å².